The monoisotopic (exact) mass is 473 g/mol. The van der Waals surface area contributed by atoms with E-state index in [9.17, 15) is 18.0 Å². The van der Waals surface area contributed by atoms with E-state index in [1.165, 1.54) is 11.4 Å². The van der Waals surface area contributed by atoms with Crippen LogP contribution in [0, 0.1) is 27.7 Å². The second-order valence-electron chi connectivity index (χ2n) is 8.26. The molecular formula is C24H31N3O5S. The molecule has 2 aromatic carbocycles. The number of para-hydroxylation sites is 1. The van der Waals surface area contributed by atoms with Crippen LogP contribution in [0.4, 0.5) is 0 Å². The van der Waals surface area contributed by atoms with Gasteiger partial charge in [0.25, 0.3) is 5.91 Å². The molecule has 8 nitrogen and oxygen atoms in total. The number of carbonyl (C=O) groups excluding carboxylic acids is 2. The minimum atomic E-state index is -3.68. The van der Waals surface area contributed by atoms with E-state index in [4.69, 9.17) is 4.74 Å². The van der Waals surface area contributed by atoms with Crippen LogP contribution in [0.2, 0.25) is 0 Å². The van der Waals surface area contributed by atoms with Crippen LogP contribution in [0.5, 0.6) is 5.75 Å². The molecule has 1 aliphatic rings. The van der Waals surface area contributed by atoms with Crippen LogP contribution in [-0.2, 0) is 14.8 Å². The maximum atomic E-state index is 13.4. The number of hydrogen-bond donors (Lipinski definition) is 1. The number of benzene rings is 2. The SMILES string of the molecule is COc1ccccc1C(=O)NCC(=O)N1CCN(S(=O)(=O)c2c(C)c(C)cc(C)c2C)CC1. The molecule has 0 aliphatic carbocycles. The average molecular weight is 474 g/mol. The molecule has 0 bridgehead atoms. The van der Waals surface area contributed by atoms with Gasteiger partial charge in [-0.15, -0.1) is 0 Å². The summed E-state index contributed by atoms with van der Waals surface area (Å²) in [7, 11) is -2.20. The highest BCUT2D eigenvalue weighted by Gasteiger charge is 2.33. The van der Waals surface area contributed by atoms with Crippen molar-refractivity contribution in [1.29, 1.82) is 0 Å². The van der Waals surface area contributed by atoms with Crippen molar-refractivity contribution in [2.45, 2.75) is 32.6 Å². The van der Waals surface area contributed by atoms with Gasteiger partial charge in [-0.1, -0.05) is 18.2 Å². The average Bonchev–Trinajstić information content (AvgIpc) is 2.81. The van der Waals surface area contributed by atoms with Crippen LogP contribution in [0.1, 0.15) is 32.6 Å². The van der Waals surface area contributed by atoms with E-state index >= 15 is 0 Å². The van der Waals surface area contributed by atoms with E-state index in [0.29, 0.717) is 16.2 Å². The Kier molecular flexibility index (Phi) is 7.44. The Labute approximate surface area is 195 Å². The Bertz CT molecular complexity index is 1140. The number of nitrogens with one attached hydrogen (secondary N) is 1. The van der Waals surface area contributed by atoms with Gasteiger partial charge in [0.2, 0.25) is 15.9 Å². The lowest BCUT2D eigenvalue weighted by molar-refractivity contribution is -0.131. The van der Waals surface area contributed by atoms with Gasteiger partial charge in [-0.25, -0.2) is 8.42 Å². The minimum absolute atomic E-state index is 0.168. The van der Waals surface area contributed by atoms with Crippen molar-refractivity contribution in [2.75, 3.05) is 39.8 Å². The highest BCUT2D eigenvalue weighted by molar-refractivity contribution is 7.89. The highest BCUT2D eigenvalue weighted by Crippen LogP contribution is 2.29. The molecule has 1 heterocycles. The zero-order chi connectivity index (χ0) is 24.3. The third kappa shape index (κ3) is 5.04. The van der Waals surface area contributed by atoms with Crippen molar-refractivity contribution in [1.82, 2.24) is 14.5 Å². The zero-order valence-corrected chi connectivity index (χ0v) is 20.6. The zero-order valence-electron chi connectivity index (χ0n) is 19.8. The Morgan fingerprint density at radius 2 is 1.55 bits per heavy atom. The Hall–Kier alpha value is -2.91. The predicted molar refractivity (Wildman–Crippen MR) is 126 cm³/mol. The van der Waals surface area contributed by atoms with Crippen molar-refractivity contribution >= 4 is 21.8 Å². The van der Waals surface area contributed by atoms with Crippen molar-refractivity contribution in [3.63, 3.8) is 0 Å². The van der Waals surface area contributed by atoms with Crippen LogP contribution in [0.15, 0.2) is 35.2 Å². The van der Waals surface area contributed by atoms with E-state index in [1.807, 2.05) is 33.8 Å². The summed E-state index contributed by atoms with van der Waals surface area (Å²) >= 11 is 0. The largest absolute Gasteiger partial charge is 0.496 e. The summed E-state index contributed by atoms with van der Waals surface area (Å²) in [5.41, 5.74) is 3.75. The molecule has 0 aromatic heterocycles. The third-order valence-electron chi connectivity index (χ3n) is 6.24. The molecule has 0 radical (unpaired) electrons. The molecule has 1 aliphatic heterocycles. The normalized spacial score (nSPS) is 14.8. The number of hydrogen-bond acceptors (Lipinski definition) is 5. The second-order valence-corrected chi connectivity index (χ2v) is 10.1. The molecule has 2 amide bonds. The van der Waals surface area contributed by atoms with E-state index in [0.717, 1.165) is 22.3 Å². The number of methoxy groups -OCH3 is 1. The van der Waals surface area contributed by atoms with Crippen molar-refractivity contribution < 1.29 is 22.7 Å². The van der Waals surface area contributed by atoms with Crippen LogP contribution in [-0.4, -0.2) is 69.3 Å². The highest BCUT2D eigenvalue weighted by atomic mass is 32.2. The molecule has 178 valence electrons. The maximum absolute atomic E-state index is 13.4. The third-order valence-corrected chi connectivity index (χ3v) is 8.41. The molecule has 3 rings (SSSR count). The van der Waals surface area contributed by atoms with Gasteiger partial charge in [0, 0.05) is 26.2 Å². The number of nitrogens with zero attached hydrogens (tertiary/aromatic N) is 2. The summed E-state index contributed by atoms with van der Waals surface area (Å²) in [6, 6.07) is 8.78. The minimum Gasteiger partial charge on any atom is -0.496 e. The standard InChI is InChI=1S/C24H31N3O5S/c1-16-14-17(2)19(4)23(18(16)3)33(30,31)27-12-10-26(11-13-27)22(28)15-25-24(29)20-8-6-7-9-21(20)32-5/h6-9,14H,10-13,15H2,1-5H3,(H,25,29). The summed E-state index contributed by atoms with van der Waals surface area (Å²) < 4.78 is 33.4. The van der Waals surface area contributed by atoms with Crippen molar-refractivity contribution in [3.8, 4) is 5.75 Å². The topological polar surface area (TPSA) is 96.0 Å². The fourth-order valence-corrected chi connectivity index (χ4v) is 6.07. The molecule has 33 heavy (non-hydrogen) atoms. The summed E-state index contributed by atoms with van der Waals surface area (Å²) in [5.74, 6) is -0.227. The van der Waals surface area contributed by atoms with Gasteiger partial charge in [0.15, 0.2) is 0 Å². The molecule has 0 spiro atoms. The van der Waals surface area contributed by atoms with Crippen LogP contribution < -0.4 is 10.1 Å². The first-order valence-electron chi connectivity index (χ1n) is 10.8. The van der Waals surface area contributed by atoms with E-state index in [-0.39, 0.29) is 38.6 Å². The first kappa shape index (κ1) is 24.7. The van der Waals surface area contributed by atoms with Crippen molar-refractivity contribution in [2.24, 2.45) is 0 Å². The second kappa shape index (κ2) is 9.93. The van der Waals surface area contributed by atoms with Gasteiger partial charge in [0.05, 0.1) is 24.1 Å². The summed E-state index contributed by atoms with van der Waals surface area (Å²) in [6.45, 7) is 8.28. The predicted octanol–water partition coefficient (Wildman–Crippen LogP) is 2.19. The Morgan fingerprint density at radius 3 is 2.12 bits per heavy atom. The lowest BCUT2D eigenvalue weighted by Crippen LogP contribution is -2.52. The molecule has 9 heteroatoms. The quantitative estimate of drug-likeness (QED) is 0.694. The van der Waals surface area contributed by atoms with Crippen molar-refractivity contribution in [3.05, 3.63) is 58.1 Å². The van der Waals surface area contributed by atoms with E-state index < -0.39 is 15.9 Å². The number of carbonyl (C=O) groups is 2. The number of ether oxygens (including phenoxy) is 1. The smallest absolute Gasteiger partial charge is 0.255 e. The molecule has 1 saturated heterocycles. The van der Waals surface area contributed by atoms with E-state index in [2.05, 4.69) is 5.32 Å². The summed E-state index contributed by atoms with van der Waals surface area (Å²) in [5, 5.41) is 2.62. The first-order valence-corrected chi connectivity index (χ1v) is 12.3. The molecule has 0 atom stereocenters. The van der Waals surface area contributed by atoms with Gasteiger partial charge in [-0.05, 0) is 62.1 Å². The van der Waals surface area contributed by atoms with Gasteiger partial charge in [-0.3, -0.25) is 9.59 Å². The van der Waals surface area contributed by atoms with Crippen LogP contribution in [0.3, 0.4) is 0 Å². The summed E-state index contributed by atoms with van der Waals surface area (Å²) in [6.07, 6.45) is 0. The Balaban J connectivity index is 1.63. The number of rotatable bonds is 6. The molecule has 0 unspecified atom stereocenters. The maximum Gasteiger partial charge on any atom is 0.255 e. The number of piperazine rings is 1. The van der Waals surface area contributed by atoms with Gasteiger partial charge < -0.3 is 15.0 Å². The number of sulfonamides is 1. The molecule has 1 fully saturated rings. The fourth-order valence-electron chi connectivity index (χ4n) is 4.07. The van der Waals surface area contributed by atoms with Crippen LogP contribution >= 0.6 is 0 Å². The molecule has 1 N–H and O–H groups in total. The van der Waals surface area contributed by atoms with Gasteiger partial charge in [-0.2, -0.15) is 4.31 Å². The Morgan fingerprint density at radius 1 is 0.970 bits per heavy atom. The molecule has 0 saturated carbocycles. The first-order chi connectivity index (χ1) is 15.6. The summed E-state index contributed by atoms with van der Waals surface area (Å²) in [4.78, 5) is 27.0. The fraction of sp³-hybridized carbons (Fsp3) is 0.417. The number of aryl methyl sites for hydroxylation is 2. The molecule has 2 aromatic rings. The van der Waals surface area contributed by atoms with Crippen LogP contribution in [0.25, 0.3) is 0 Å². The lowest BCUT2D eigenvalue weighted by Gasteiger charge is -2.34. The van der Waals surface area contributed by atoms with E-state index in [1.54, 1.807) is 29.2 Å². The number of amides is 2. The lowest BCUT2D eigenvalue weighted by atomic mass is 10.0. The molecular weight excluding hydrogens is 442 g/mol. The van der Waals surface area contributed by atoms with Gasteiger partial charge >= 0.3 is 0 Å². The van der Waals surface area contributed by atoms with Gasteiger partial charge in [0.1, 0.15) is 5.75 Å².